The van der Waals surface area contributed by atoms with Gasteiger partial charge in [0.25, 0.3) is 0 Å². The largest absolute Gasteiger partial charge is 0.298 e. The summed E-state index contributed by atoms with van der Waals surface area (Å²) in [5.74, 6) is -0.209. The predicted molar refractivity (Wildman–Crippen MR) is 54.5 cm³/mol. The molecule has 4 heteroatoms. The molecule has 0 radical (unpaired) electrons. The number of hydrogen-bond acceptors (Lipinski definition) is 2. The Bertz CT molecular complexity index is 374. The van der Waals surface area contributed by atoms with Gasteiger partial charge in [-0.05, 0) is 19.1 Å². The Labute approximate surface area is 89.0 Å². The quantitative estimate of drug-likeness (QED) is 0.605. The van der Waals surface area contributed by atoms with Crippen LogP contribution in [0.3, 0.4) is 0 Å². The van der Waals surface area contributed by atoms with Crippen molar-refractivity contribution in [3.05, 3.63) is 32.8 Å². The first-order valence-corrected chi connectivity index (χ1v) is 4.68. The summed E-state index contributed by atoms with van der Waals surface area (Å²) in [5.41, 5.74) is 0.590. The lowest BCUT2D eigenvalue weighted by atomic mass is 10.1. The third-order valence-electron chi connectivity index (χ3n) is 1.56. The van der Waals surface area contributed by atoms with Gasteiger partial charge in [-0.2, -0.15) is 0 Å². The molecule has 0 aliphatic heterocycles. The van der Waals surface area contributed by atoms with Crippen LogP contribution in [0.4, 0.5) is 0 Å². The molecule has 0 aromatic heterocycles. The fraction of sp³-hybridized carbons (Fsp3) is 0.111. The van der Waals surface area contributed by atoms with Crippen molar-refractivity contribution in [1.82, 2.24) is 0 Å². The van der Waals surface area contributed by atoms with Crippen LogP contribution in [0.1, 0.15) is 27.6 Å². The lowest BCUT2D eigenvalue weighted by Gasteiger charge is -2.03. The smallest absolute Gasteiger partial charge is 0.162 e. The Morgan fingerprint density at radius 2 is 2.15 bits per heavy atom. The van der Waals surface area contributed by atoms with Crippen LogP contribution in [0.15, 0.2) is 16.6 Å². The molecule has 0 spiro atoms. The van der Waals surface area contributed by atoms with Crippen molar-refractivity contribution in [3.63, 3.8) is 0 Å². The molecule has 0 bridgehead atoms. The first-order valence-electron chi connectivity index (χ1n) is 3.51. The average molecular weight is 262 g/mol. The number of Topliss-reactive ketones (excluding diaryl/α,β-unsaturated/α-hetero) is 1. The van der Waals surface area contributed by atoms with Gasteiger partial charge in [0.1, 0.15) is 0 Å². The maximum atomic E-state index is 11.1. The van der Waals surface area contributed by atoms with Crippen molar-refractivity contribution in [1.29, 1.82) is 0 Å². The molecule has 1 aromatic carbocycles. The van der Waals surface area contributed by atoms with Crippen molar-refractivity contribution in [2.45, 2.75) is 6.92 Å². The van der Waals surface area contributed by atoms with Crippen LogP contribution in [0.5, 0.6) is 0 Å². The first-order chi connectivity index (χ1) is 6.06. The van der Waals surface area contributed by atoms with Crippen molar-refractivity contribution in [3.8, 4) is 0 Å². The molecular formula is C9H6BrClO2. The summed E-state index contributed by atoms with van der Waals surface area (Å²) in [5, 5.41) is 0.295. The van der Waals surface area contributed by atoms with Crippen molar-refractivity contribution in [2.24, 2.45) is 0 Å². The van der Waals surface area contributed by atoms with Gasteiger partial charge >= 0.3 is 0 Å². The molecule has 0 saturated carbocycles. The fourth-order valence-electron chi connectivity index (χ4n) is 1.06. The highest BCUT2D eigenvalue weighted by Crippen LogP contribution is 2.25. The molecular weight excluding hydrogens is 255 g/mol. The van der Waals surface area contributed by atoms with Crippen LogP contribution in [0, 0.1) is 0 Å². The second-order valence-corrected chi connectivity index (χ2v) is 3.85. The molecule has 0 aliphatic carbocycles. The molecule has 0 fully saturated rings. The van der Waals surface area contributed by atoms with E-state index in [4.69, 9.17) is 11.6 Å². The normalized spacial score (nSPS) is 9.77. The SMILES string of the molecule is CC(=O)c1c(Cl)cc(Br)cc1C=O. The summed E-state index contributed by atoms with van der Waals surface area (Å²) in [4.78, 5) is 21.7. The molecule has 0 amide bonds. The molecule has 0 heterocycles. The van der Waals surface area contributed by atoms with Crippen LogP contribution in [0.25, 0.3) is 0 Å². The predicted octanol–water partition coefficient (Wildman–Crippen LogP) is 3.12. The topological polar surface area (TPSA) is 34.1 Å². The zero-order chi connectivity index (χ0) is 10.0. The number of aldehydes is 1. The molecule has 0 saturated heterocycles. The number of carbonyl (C=O) groups is 2. The Balaban J connectivity index is 3.47. The zero-order valence-electron chi connectivity index (χ0n) is 6.80. The standard InChI is InChI=1S/C9H6BrClO2/c1-5(13)9-6(4-12)2-7(10)3-8(9)11/h2-4H,1H3. The van der Waals surface area contributed by atoms with Gasteiger partial charge in [0, 0.05) is 15.6 Å². The Kier molecular flexibility index (Phi) is 3.22. The summed E-state index contributed by atoms with van der Waals surface area (Å²) in [6, 6.07) is 3.15. The maximum Gasteiger partial charge on any atom is 0.162 e. The van der Waals surface area contributed by atoms with Crippen molar-refractivity contribution >= 4 is 39.6 Å². The van der Waals surface area contributed by atoms with E-state index in [1.165, 1.54) is 6.92 Å². The summed E-state index contributed by atoms with van der Waals surface area (Å²) < 4.78 is 0.685. The molecule has 68 valence electrons. The molecule has 0 unspecified atom stereocenters. The zero-order valence-corrected chi connectivity index (χ0v) is 9.15. The molecule has 1 rings (SSSR count). The summed E-state index contributed by atoms with van der Waals surface area (Å²) in [6.45, 7) is 1.38. The number of carbonyl (C=O) groups excluding carboxylic acids is 2. The molecule has 0 atom stereocenters. The van der Waals surface area contributed by atoms with Crippen LogP contribution < -0.4 is 0 Å². The minimum Gasteiger partial charge on any atom is -0.298 e. The summed E-state index contributed by atoms with van der Waals surface area (Å²) in [6.07, 6.45) is 0.618. The third kappa shape index (κ3) is 2.17. The Morgan fingerprint density at radius 1 is 1.54 bits per heavy atom. The minimum atomic E-state index is -0.209. The van der Waals surface area contributed by atoms with Gasteiger partial charge in [-0.1, -0.05) is 27.5 Å². The number of rotatable bonds is 2. The summed E-state index contributed by atoms with van der Waals surface area (Å²) >= 11 is 8.98. The van der Waals surface area contributed by atoms with Crippen molar-refractivity contribution in [2.75, 3.05) is 0 Å². The number of ketones is 1. The van der Waals surface area contributed by atoms with Crippen LogP contribution in [-0.4, -0.2) is 12.1 Å². The average Bonchev–Trinajstić information content (AvgIpc) is 2.01. The second-order valence-electron chi connectivity index (χ2n) is 2.53. The maximum absolute atomic E-state index is 11.1. The van der Waals surface area contributed by atoms with Crippen LogP contribution in [-0.2, 0) is 0 Å². The molecule has 0 aliphatic rings. The highest BCUT2D eigenvalue weighted by atomic mass is 79.9. The van der Waals surface area contributed by atoms with Crippen molar-refractivity contribution < 1.29 is 9.59 Å². The van der Waals surface area contributed by atoms with Gasteiger partial charge in [0.05, 0.1) is 5.02 Å². The first kappa shape index (κ1) is 10.4. The molecule has 13 heavy (non-hydrogen) atoms. The van der Waals surface area contributed by atoms with E-state index in [0.717, 1.165) is 0 Å². The van der Waals surface area contributed by atoms with Crippen LogP contribution >= 0.6 is 27.5 Å². The Hall–Kier alpha value is -0.670. The molecule has 1 aromatic rings. The highest BCUT2D eigenvalue weighted by Gasteiger charge is 2.12. The van der Waals surface area contributed by atoms with Gasteiger partial charge in [-0.25, -0.2) is 0 Å². The monoisotopic (exact) mass is 260 g/mol. The van der Waals surface area contributed by atoms with Gasteiger partial charge in [-0.3, -0.25) is 9.59 Å². The van der Waals surface area contributed by atoms with E-state index in [2.05, 4.69) is 15.9 Å². The fourth-order valence-corrected chi connectivity index (χ4v) is 2.02. The van der Waals surface area contributed by atoms with E-state index in [1.54, 1.807) is 12.1 Å². The van der Waals surface area contributed by atoms with E-state index in [9.17, 15) is 9.59 Å². The van der Waals surface area contributed by atoms with Gasteiger partial charge in [-0.15, -0.1) is 0 Å². The second kappa shape index (κ2) is 4.03. The van der Waals surface area contributed by atoms with Crippen LogP contribution in [0.2, 0.25) is 5.02 Å². The van der Waals surface area contributed by atoms with Gasteiger partial charge in [0.2, 0.25) is 0 Å². The van der Waals surface area contributed by atoms with E-state index >= 15 is 0 Å². The lowest BCUT2D eigenvalue weighted by Crippen LogP contribution is -1.99. The number of benzene rings is 1. The molecule has 2 nitrogen and oxygen atoms in total. The minimum absolute atomic E-state index is 0.209. The third-order valence-corrected chi connectivity index (χ3v) is 2.32. The number of halogens is 2. The Morgan fingerprint density at radius 3 is 2.62 bits per heavy atom. The summed E-state index contributed by atoms with van der Waals surface area (Å²) in [7, 11) is 0. The van der Waals surface area contributed by atoms with E-state index in [0.29, 0.717) is 21.3 Å². The van der Waals surface area contributed by atoms with Gasteiger partial charge < -0.3 is 0 Å². The lowest BCUT2D eigenvalue weighted by molar-refractivity contribution is 0.101. The van der Waals surface area contributed by atoms with Gasteiger partial charge in [0.15, 0.2) is 12.1 Å². The van der Waals surface area contributed by atoms with E-state index in [1.807, 2.05) is 0 Å². The molecule has 0 N–H and O–H groups in total. The highest BCUT2D eigenvalue weighted by molar-refractivity contribution is 9.10. The van der Waals surface area contributed by atoms with E-state index < -0.39 is 0 Å². The number of hydrogen-bond donors (Lipinski definition) is 0. The van der Waals surface area contributed by atoms with E-state index in [-0.39, 0.29) is 11.3 Å².